The maximum atomic E-state index is 11.9. The van der Waals surface area contributed by atoms with Crippen molar-refractivity contribution in [3.63, 3.8) is 0 Å². The molecule has 0 heterocycles. The number of nitrogens with two attached hydrogens (primary N) is 1. The summed E-state index contributed by atoms with van der Waals surface area (Å²) in [6.45, 7) is 1.67. The molecule has 0 aromatic heterocycles. The topological polar surface area (TPSA) is 75.4 Å². The van der Waals surface area contributed by atoms with Crippen molar-refractivity contribution in [2.75, 3.05) is 17.3 Å². The molecule has 0 aliphatic carbocycles. The van der Waals surface area contributed by atoms with Gasteiger partial charge in [0, 0.05) is 11.3 Å². The number of amides is 1. The Bertz CT molecular complexity index is 396. The standard InChI is InChI=1S/C13H20N2O2S/c1-9(16)10-5-3-4-6-12(10)15-13(17)11(14)7-8-18-2/h3-6,9,11,16H,7-8,14H2,1-2H3,(H,15,17)/t9?,11-/m0/s1. The number of nitrogens with one attached hydrogen (secondary N) is 1. The number of anilines is 1. The van der Waals surface area contributed by atoms with Crippen molar-refractivity contribution in [1.82, 2.24) is 0 Å². The van der Waals surface area contributed by atoms with E-state index in [2.05, 4.69) is 5.32 Å². The molecule has 18 heavy (non-hydrogen) atoms. The molecule has 1 amide bonds. The molecule has 4 nitrogen and oxygen atoms in total. The fourth-order valence-electron chi connectivity index (χ4n) is 1.58. The molecule has 0 spiro atoms. The molecule has 0 radical (unpaired) electrons. The van der Waals surface area contributed by atoms with Crippen LogP contribution in [0.25, 0.3) is 0 Å². The second-order valence-electron chi connectivity index (χ2n) is 4.14. The number of thioether (sulfide) groups is 1. The predicted octanol–water partition coefficient (Wildman–Crippen LogP) is 1.76. The largest absolute Gasteiger partial charge is 0.389 e. The third-order valence-electron chi connectivity index (χ3n) is 2.64. The summed E-state index contributed by atoms with van der Waals surface area (Å²) < 4.78 is 0. The zero-order valence-corrected chi connectivity index (χ0v) is 11.5. The smallest absolute Gasteiger partial charge is 0.241 e. The van der Waals surface area contributed by atoms with Crippen molar-refractivity contribution in [1.29, 1.82) is 0 Å². The van der Waals surface area contributed by atoms with Gasteiger partial charge in [-0.3, -0.25) is 4.79 Å². The van der Waals surface area contributed by atoms with E-state index in [1.54, 1.807) is 30.8 Å². The van der Waals surface area contributed by atoms with Crippen LogP contribution in [0.1, 0.15) is 25.0 Å². The first kappa shape index (κ1) is 15.0. The number of hydrogen-bond donors (Lipinski definition) is 3. The normalized spacial score (nSPS) is 14.0. The molecule has 2 atom stereocenters. The molecule has 100 valence electrons. The number of rotatable bonds is 6. The van der Waals surface area contributed by atoms with Gasteiger partial charge < -0.3 is 16.2 Å². The first-order valence-corrected chi connectivity index (χ1v) is 7.28. The first-order valence-electron chi connectivity index (χ1n) is 5.88. The number of benzene rings is 1. The van der Waals surface area contributed by atoms with E-state index in [1.807, 2.05) is 18.4 Å². The Balaban J connectivity index is 2.69. The lowest BCUT2D eigenvalue weighted by Crippen LogP contribution is -2.36. The molecule has 4 N–H and O–H groups in total. The van der Waals surface area contributed by atoms with E-state index in [0.717, 1.165) is 5.75 Å². The van der Waals surface area contributed by atoms with Gasteiger partial charge in [-0.15, -0.1) is 0 Å². The summed E-state index contributed by atoms with van der Waals surface area (Å²) in [5.74, 6) is 0.643. The Kier molecular flexibility index (Phi) is 6.18. The minimum absolute atomic E-state index is 0.211. The summed E-state index contributed by atoms with van der Waals surface area (Å²) in [6.07, 6.45) is 2.00. The molecule has 1 rings (SSSR count). The average Bonchev–Trinajstić information content (AvgIpc) is 2.36. The molecule has 5 heteroatoms. The molecular weight excluding hydrogens is 248 g/mol. The van der Waals surface area contributed by atoms with Gasteiger partial charge in [-0.05, 0) is 31.4 Å². The van der Waals surface area contributed by atoms with Gasteiger partial charge in [0.15, 0.2) is 0 Å². The van der Waals surface area contributed by atoms with Crippen molar-refractivity contribution in [2.24, 2.45) is 5.73 Å². The van der Waals surface area contributed by atoms with E-state index in [-0.39, 0.29) is 5.91 Å². The van der Waals surface area contributed by atoms with Gasteiger partial charge in [0.2, 0.25) is 5.91 Å². The number of carbonyl (C=O) groups is 1. The minimum Gasteiger partial charge on any atom is -0.389 e. The van der Waals surface area contributed by atoms with Crippen LogP contribution in [0.2, 0.25) is 0 Å². The molecule has 0 aliphatic rings. The van der Waals surface area contributed by atoms with Gasteiger partial charge >= 0.3 is 0 Å². The Morgan fingerprint density at radius 1 is 1.50 bits per heavy atom. The lowest BCUT2D eigenvalue weighted by molar-refractivity contribution is -0.117. The molecule has 1 aromatic rings. The van der Waals surface area contributed by atoms with E-state index >= 15 is 0 Å². The number of aliphatic hydroxyl groups is 1. The zero-order valence-electron chi connectivity index (χ0n) is 10.7. The fourth-order valence-corrected chi connectivity index (χ4v) is 2.07. The average molecular weight is 268 g/mol. The van der Waals surface area contributed by atoms with Crippen LogP contribution in [0.3, 0.4) is 0 Å². The Labute approximate surface area is 112 Å². The lowest BCUT2D eigenvalue weighted by Gasteiger charge is -2.15. The number of carbonyl (C=O) groups excluding carboxylic acids is 1. The van der Waals surface area contributed by atoms with Crippen molar-refractivity contribution in [3.05, 3.63) is 29.8 Å². The molecule has 0 fully saturated rings. The van der Waals surface area contributed by atoms with E-state index in [1.165, 1.54) is 0 Å². The third kappa shape index (κ3) is 4.33. The van der Waals surface area contributed by atoms with Crippen LogP contribution in [0.4, 0.5) is 5.69 Å². The maximum Gasteiger partial charge on any atom is 0.241 e. The number of aliphatic hydroxyl groups excluding tert-OH is 1. The highest BCUT2D eigenvalue weighted by Crippen LogP contribution is 2.22. The second kappa shape index (κ2) is 7.41. The Hall–Kier alpha value is -1.04. The highest BCUT2D eigenvalue weighted by atomic mass is 32.2. The highest BCUT2D eigenvalue weighted by molar-refractivity contribution is 7.98. The van der Waals surface area contributed by atoms with Crippen LogP contribution in [0.5, 0.6) is 0 Å². The summed E-state index contributed by atoms with van der Waals surface area (Å²) in [4.78, 5) is 11.9. The summed E-state index contributed by atoms with van der Waals surface area (Å²) in [5, 5.41) is 12.4. The molecular formula is C13H20N2O2S. The Morgan fingerprint density at radius 2 is 2.17 bits per heavy atom. The van der Waals surface area contributed by atoms with Crippen LogP contribution in [-0.4, -0.2) is 29.1 Å². The predicted molar refractivity (Wildman–Crippen MR) is 76.7 cm³/mol. The van der Waals surface area contributed by atoms with Gasteiger partial charge in [-0.2, -0.15) is 11.8 Å². The van der Waals surface area contributed by atoms with E-state index in [4.69, 9.17) is 5.73 Å². The number of para-hydroxylation sites is 1. The Morgan fingerprint density at radius 3 is 2.78 bits per heavy atom. The fraction of sp³-hybridized carbons (Fsp3) is 0.462. The maximum absolute atomic E-state index is 11.9. The zero-order chi connectivity index (χ0) is 13.5. The minimum atomic E-state index is -0.621. The van der Waals surface area contributed by atoms with Gasteiger partial charge in [0.05, 0.1) is 12.1 Å². The van der Waals surface area contributed by atoms with Crippen LogP contribution in [0.15, 0.2) is 24.3 Å². The van der Waals surface area contributed by atoms with Gasteiger partial charge in [0.25, 0.3) is 0 Å². The summed E-state index contributed by atoms with van der Waals surface area (Å²) >= 11 is 1.66. The van der Waals surface area contributed by atoms with E-state index in [0.29, 0.717) is 17.7 Å². The van der Waals surface area contributed by atoms with Crippen LogP contribution in [0, 0.1) is 0 Å². The molecule has 0 aliphatic heterocycles. The monoisotopic (exact) mass is 268 g/mol. The first-order chi connectivity index (χ1) is 8.56. The highest BCUT2D eigenvalue weighted by Gasteiger charge is 2.15. The van der Waals surface area contributed by atoms with Crippen LogP contribution >= 0.6 is 11.8 Å². The van der Waals surface area contributed by atoms with Gasteiger partial charge in [0.1, 0.15) is 0 Å². The second-order valence-corrected chi connectivity index (χ2v) is 5.13. The van der Waals surface area contributed by atoms with Crippen molar-refractivity contribution in [3.8, 4) is 0 Å². The lowest BCUT2D eigenvalue weighted by atomic mass is 10.1. The molecule has 0 saturated heterocycles. The van der Waals surface area contributed by atoms with Crippen molar-refractivity contribution < 1.29 is 9.90 Å². The molecule has 1 unspecified atom stereocenters. The van der Waals surface area contributed by atoms with Crippen LogP contribution < -0.4 is 11.1 Å². The quantitative estimate of drug-likeness (QED) is 0.735. The summed E-state index contributed by atoms with van der Waals surface area (Å²) in [6, 6.07) is 6.68. The third-order valence-corrected chi connectivity index (χ3v) is 3.28. The van der Waals surface area contributed by atoms with Crippen molar-refractivity contribution in [2.45, 2.75) is 25.5 Å². The van der Waals surface area contributed by atoms with E-state index in [9.17, 15) is 9.90 Å². The summed E-state index contributed by atoms with van der Waals surface area (Å²) in [5.41, 5.74) is 7.11. The number of hydrogen-bond acceptors (Lipinski definition) is 4. The van der Waals surface area contributed by atoms with Gasteiger partial charge in [-0.1, -0.05) is 18.2 Å². The molecule has 0 bridgehead atoms. The summed E-state index contributed by atoms with van der Waals surface area (Å²) in [7, 11) is 0. The van der Waals surface area contributed by atoms with Crippen molar-refractivity contribution >= 4 is 23.4 Å². The van der Waals surface area contributed by atoms with Crippen LogP contribution in [-0.2, 0) is 4.79 Å². The van der Waals surface area contributed by atoms with E-state index < -0.39 is 12.1 Å². The molecule has 1 aromatic carbocycles. The van der Waals surface area contributed by atoms with Gasteiger partial charge in [-0.25, -0.2) is 0 Å². The SMILES string of the molecule is CSCC[C@H](N)C(=O)Nc1ccccc1C(C)O. The molecule has 0 saturated carbocycles.